The smallest absolute Gasteiger partial charge is 0.354 e. The molecule has 3 nitrogen and oxygen atoms in total. The summed E-state index contributed by atoms with van der Waals surface area (Å²) in [4.78, 5) is 7.81. The average molecular weight is 338 g/mol. The lowest BCUT2D eigenvalue weighted by molar-refractivity contribution is -0.146. The molecule has 0 radical (unpaired) electrons. The van der Waals surface area contributed by atoms with Gasteiger partial charge in [0.1, 0.15) is 5.82 Å². The normalized spacial score (nSPS) is 17.8. The van der Waals surface area contributed by atoms with E-state index in [1.165, 1.54) is 4.90 Å². The Labute approximate surface area is 118 Å². The standard InChI is InChI=1S/C12H15BrF3N3/c13-8-10-2-1-3-17-11(10)19-6-4-18(5-7-19)9-12(14,15)16/h1-3H,4-9H2. The summed E-state index contributed by atoms with van der Waals surface area (Å²) in [6.07, 6.45) is -2.40. The molecule has 7 heteroatoms. The highest BCUT2D eigenvalue weighted by atomic mass is 79.9. The van der Waals surface area contributed by atoms with E-state index in [9.17, 15) is 13.2 Å². The number of pyridine rings is 1. The van der Waals surface area contributed by atoms with Gasteiger partial charge in [0.15, 0.2) is 0 Å². The van der Waals surface area contributed by atoms with Crippen molar-refractivity contribution in [1.29, 1.82) is 0 Å². The number of rotatable bonds is 3. The van der Waals surface area contributed by atoms with E-state index in [0.717, 1.165) is 11.4 Å². The zero-order valence-electron chi connectivity index (χ0n) is 10.3. The minimum atomic E-state index is -4.12. The molecule has 2 rings (SSSR count). The first-order valence-electron chi connectivity index (χ1n) is 6.03. The molecular weight excluding hydrogens is 323 g/mol. The topological polar surface area (TPSA) is 19.4 Å². The largest absolute Gasteiger partial charge is 0.401 e. The van der Waals surface area contributed by atoms with Crippen molar-refractivity contribution in [3.63, 3.8) is 0 Å². The van der Waals surface area contributed by atoms with E-state index in [2.05, 4.69) is 20.9 Å². The van der Waals surface area contributed by atoms with Gasteiger partial charge >= 0.3 is 6.18 Å². The molecule has 0 spiro atoms. The Morgan fingerprint density at radius 1 is 1.21 bits per heavy atom. The molecular formula is C12H15BrF3N3. The molecule has 1 aromatic rings. The summed E-state index contributed by atoms with van der Waals surface area (Å²) in [5.74, 6) is 0.867. The fourth-order valence-electron chi connectivity index (χ4n) is 2.19. The van der Waals surface area contributed by atoms with E-state index in [1.54, 1.807) is 6.20 Å². The van der Waals surface area contributed by atoms with Crippen LogP contribution in [0.2, 0.25) is 0 Å². The van der Waals surface area contributed by atoms with E-state index in [0.29, 0.717) is 31.5 Å². The van der Waals surface area contributed by atoms with Crippen LogP contribution in [0.25, 0.3) is 0 Å². The number of hydrogen-bond donors (Lipinski definition) is 0. The molecule has 0 aliphatic carbocycles. The molecule has 0 unspecified atom stereocenters. The van der Waals surface area contributed by atoms with Crippen LogP contribution in [-0.2, 0) is 5.33 Å². The maximum atomic E-state index is 12.3. The van der Waals surface area contributed by atoms with Crippen molar-refractivity contribution < 1.29 is 13.2 Å². The highest BCUT2D eigenvalue weighted by Crippen LogP contribution is 2.22. The summed E-state index contributed by atoms with van der Waals surface area (Å²) < 4.78 is 36.9. The predicted molar refractivity (Wildman–Crippen MR) is 71.6 cm³/mol. The fraction of sp³-hybridized carbons (Fsp3) is 0.583. The number of anilines is 1. The van der Waals surface area contributed by atoms with E-state index >= 15 is 0 Å². The van der Waals surface area contributed by atoms with E-state index in [-0.39, 0.29) is 0 Å². The Morgan fingerprint density at radius 2 is 1.89 bits per heavy atom. The van der Waals surface area contributed by atoms with Crippen molar-refractivity contribution in [2.75, 3.05) is 37.6 Å². The van der Waals surface area contributed by atoms with Gasteiger partial charge in [0.05, 0.1) is 6.54 Å². The van der Waals surface area contributed by atoms with Gasteiger partial charge in [-0.3, -0.25) is 4.90 Å². The van der Waals surface area contributed by atoms with Crippen LogP contribution in [0, 0.1) is 0 Å². The van der Waals surface area contributed by atoms with Crippen LogP contribution >= 0.6 is 15.9 Å². The zero-order valence-corrected chi connectivity index (χ0v) is 11.9. The predicted octanol–water partition coefficient (Wildman–Crippen LogP) is 2.66. The second kappa shape index (κ2) is 6.09. The molecule has 0 aromatic carbocycles. The molecule has 0 N–H and O–H groups in total. The molecule has 0 bridgehead atoms. The van der Waals surface area contributed by atoms with Gasteiger partial charge in [-0.1, -0.05) is 22.0 Å². The third-order valence-electron chi connectivity index (χ3n) is 3.09. The van der Waals surface area contributed by atoms with Gasteiger partial charge < -0.3 is 4.90 Å². The summed E-state index contributed by atoms with van der Waals surface area (Å²) in [6.45, 7) is 1.16. The highest BCUT2D eigenvalue weighted by Gasteiger charge is 2.32. The van der Waals surface area contributed by atoms with Crippen LogP contribution < -0.4 is 4.90 Å². The van der Waals surface area contributed by atoms with Crippen molar-refractivity contribution in [1.82, 2.24) is 9.88 Å². The van der Waals surface area contributed by atoms with Crippen LogP contribution in [0.3, 0.4) is 0 Å². The Hall–Kier alpha value is -0.820. The second-order valence-corrected chi connectivity index (χ2v) is 5.06. The van der Waals surface area contributed by atoms with Crippen LogP contribution in [0.5, 0.6) is 0 Å². The van der Waals surface area contributed by atoms with Crippen molar-refractivity contribution in [2.45, 2.75) is 11.5 Å². The van der Waals surface area contributed by atoms with E-state index in [4.69, 9.17) is 0 Å². The molecule has 1 aliphatic rings. The molecule has 1 fully saturated rings. The molecule has 106 valence electrons. The Balaban J connectivity index is 1.96. The van der Waals surface area contributed by atoms with Crippen molar-refractivity contribution in [3.8, 4) is 0 Å². The Morgan fingerprint density at radius 3 is 2.47 bits per heavy atom. The third kappa shape index (κ3) is 4.07. The second-order valence-electron chi connectivity index (χ2n) is 4.50. The molecule has 1 aliphatic heterocycles. The lowest BCUT2D eigenvalue weighted by Crippen LogP contribution is -2.49. The van der Waals surface area contributed by atoms with Crippen molar-refractivity contribution >= 4 is 21.7 Å². The zero-order chi connectivity index (χ0) is 13.9. The SMILES string of the molecule is FC(F)(F)CN1CCN(c2ncccc2CBr)CC1. The fourth-order valence-corrected chi connectivity index (χ4v) is 2.63. The lowest BCUT2D eigenvalue weighted by atomic mass is 10.2. The summed E-state index contributed by atoms with van der Waals surface area (Å²) in [7, 11) is 0. The molecule has 0 amide bonds. The molecule has 0 saturated carbocycles. The van der Waals surface area contributed by atoms with Crippen molar-refractivity contribution in [3.05, 3.63) is 23.9 Å². The lowest BCUT2D eigenvalue weighted by Gasteiger charge is -2.36. The first-order valence-corrected chi connectivity index (χ1v) is 7.15. The maximum Gasteiger partial charge on any atom is 0.401 e. The van der Waals surface area contributed by atoms with Crippen LogP contribution in [-0.4, -0.2) is 48.8 Å². The Bertz CT molecular complexity index is 417. The number of halogens is 4. The summed E-state index contributed by atoms with van der Waals surface area (Å²) in [5.41, 5.74) is 1.06. The maximum absolute atomic E-state index is 12.3. The summed E-state index contributed by atoms with van der Waals surface area (Å²) in [6, 6.07) is 3.83. The first-order chi connectivity index (χ1) is 8.99. The van der Waals surface area contributed by atoms with Gasteiger partial charge in [-0.05, 0) is 6.07 Å². The average Bonchev–Trinajstić information content (AvgIpc) is 2.38. The number of piperazine rings is 1. The van der Waals surface area contributed by atoms with Crippen LogP contribution in [0.4, 0.5) is 19.0 Å². The van der Waals surface area contributed by atoms with Crippen LogP contribution in [0.15, 0.2) is 18.3 Å². The molecule has 1 aromatic heterocycles. The monoisotopic (exact) mass is 337 g/mol. The van der Waals surface area contributed by atoms with Gasteiger partial charge in [-0.25, -0.2) is 4.98 Å². The van der Waals surface area contributed by atoms with Gasteiger partial charge in [-0.15, -0.1) is 0 Å². The number of aromatic nitrogens is 1. The Kier molecular flexibility index (Phi) is 4.67. The van der Waals surface area contributed by atoms with Gasteiger partial charge in [0.2, 0.25) is 0 Å². The van der Waals surface area contributed by atoms with Gasteiger partial charge in [-0.2, -0.15) is 13.2 Å². The molecule has 2 heterocycles. The van der Waals surface area contributed by atoms with E-state index < -0.39 is 12.7 Å². The number of alkyl halides is 4. The first kappa shape index (κ1) is 14.6. The molecule has 19 heavy (non-hydrogen) atoms. The minimum Gasteiger partial charge on any atom is -0.354 e. The molecule has 0 atom stereocenters. The number of hydrogen-bond acceptors (Lipinski definition) is 3. The highest BCUT2D eigenvalue weighted by molar-refractivity contribution is 9.08. The summed E-state index contributed by atoms with van der Waals surface area (Å²) >= 11 is 3.40. The van der Waals surface area contributed by atoms with Crippen molar-refractivity contribution in [2.24, 2.45) is 0 Å². The van der Waals surface area contributed by atoms with Crippen LogP contribution in [0.1, 0.15) is 5.56 Å². The third-order valence-corrected chi connectivity index (χ3v) is 3.69. The molecule has 1 saturated heterocycles. The summed E-state index contributed by atoms with van der Waals surface area (Å²) in [5, 5.41) is 0.693. The number of nitrogens with zero attached hydrogens (tertiary/aromatic N) is 3. The quantitative estimate of drug-likeness (QED) is 0.790. The van der Waals surface area contributed by atoms with Gasteiger partial charge in [0, 0.05) is 43.3 Å². The van der Waals surface area contributed by atoms with Gasteiger partial charge in [0.25, 0.3) is 0 Å². The van der Waals surface area contributed by atoms with E-state index in [1.807, 2.05) is 17.0 Å². The minimum absolute atomic E-state index is 0.414.